The molecule has 2 heterocycles. The van der Waals surface area contributed by atoms with E-state index in [1.807, 2.05) is 20.8 Å². The minimum atomic E-state index is -3.85. The summed E-state index contributed by atoms with van der Waals surface area (Å²) in [4.78, 5) is 55.4. The largest absolute Gasteiger partial charge is 0.444 e. The van der Waals surface area contributed by atoms with Gasteiger partial charge in [-0.05, 0) is 73.6 Å². The first-order valence-corrected chi connectivity index (χ1v) is 16.6. The number of nitrogens with one attached hydrogen (secondary N) is 3. The fraction of sp³-hybridized carbons (Fsp3) is 0.793. The SMILES string of the molecule is CC(C)(C)OC(=O)N[C@H]1CCCOCC=C[C@@H]2C[C@@]2(C(=O)NS(=O)(=O)C2CC2)NC(=O)[C@@H]2C[C@@H](OC(C)(C)C)CN2C1=O. The zero-order valence-electron chi connectivity index (χ0n) is 25.9. The Labute approximate surface area is 253 Å². The minimum absolute atomic E-state index is 0.0930. The number of alkyl carbamates (subject to hydrolysis) is 1. The van der Waals surface area contributed by atoms with Crippen molar-refractivity contribution in [3.8, 4) is 0 Å². The molecule has 43 heavy (non-hydrogen) atoms. The van der Waals surface area contributed by atoms with Gasteiger partial charge >= 0.3 is 6.09 Å². The normalized spacial score (nSPS) is 30.7. The lowest BCUT2D eigenvalue weighted by molar-refractivity contribution is -0.141. The monoisotopic (exact) mass is 626 g/mol. The molecule has 0 aromatic heterocycles. The summed E-state index contributed by atoms with van der Waals surface area (Å²) in [6.45, 7) is 11.4. The smallest absolute Gasteiger partial charge is 0.408 e. The summed E-state index contributed by atoms with van der Waals surface area (Å²) >= 11 is 0. The van der Waals surface area contributed by atoms with Crippen molar-refractivity contribution in [2.45, 2.75) is 120 Å². The zero-order chi connectivity index (χ0) is 31.8. The number of ether oxygens (including phenoxy) is 3. The van der Waals surface area contributed by atoms with Crippen LogP contribution in [0, 0.1) is 5.92 Å². The van der Waals surface area contributed by atoms with E-state index in [2.05, 4.69) is 15.4 Å². The third kappa shape index (κ3) is 8.69. The highest BCUT2D eigenvalue weighted by molar-refractivity contribution is 7.91. The summed E-state index contributed by atoms with van der Waals surface area (Å²) in [6.07, 6.45) is 4.25. The molecule has 0 spiro atoms. The second-order valence-electron chi connectivity index (χ2n) is 13.9. The van der Waals surface area contributed by atoms with Crippen molar-refractivity contribution >= 4 is 33.8 Å². The number of amides is 4. The minimum Gasteiger partial charge on any atom is -0.444 e. The van der Waals surface area contributed by atoms with Gasteiger partial charge in [0.15, 0.2) is 0 Å². The van der Waals surface area contributed by atoms with Gasteiger partial charge in [0.05, 0.1) is 23.6 Å². The second kappa shape index (κ2) is 12.4. The van der Waals surface area contributed by atoms with E-state index >= 15 is 0 Å². The Balaban J connectivity index is 1.62. The van der Waals surface area contributed by atoms with Crippen LogP contribution in [0.25, 0.3) is 0 Å². The molecule has 3 fully saturated rings. The molecule has 4 aliphatic rings. The van der Waals surface area contributed by atoms with E-state index < -0.39 is 79.9 Å². The molecule has 0 unspecified atom stereocenters. The van der Waals surface area contributed by atoms with E-state index in [0.29, 0.717) is 25.9 Å². The number of carbonyl (C=O) groups is 4. The Bertz CT molecular complexity index is 1240. The predicted octanol–water partition coefficient (Wildman–Crippen LogP) is 1.51. The first-order valence-electron chi connectivity index (χ1n) is 15.0. The number of sulfonamides is 1. The molecule has 242 valence electrons. The number of hydrogen-bond acceptors (Lipinski definition) is 9. The highest BCUT2D eigenvalue weighted by Gasteiger charge is 2.62. The van der Waals surface area contributed by atoms with Gasteiger partial charge in [0.1, 0.15) is 23.2 Å². The number of rotatable bonds is 5. The molecule has 2 aliphatic carbocycles. The molecule has 0 aromatic carbocycles. The fourth-order valence-electron chi connectivity index (χ4n) is 5.51. The van der Waals surface area contributed by atoms with Crippen molar-refractivity contribution < 1.29 is 41.8 Å². The van der Waals surface area contributed by atoms with Gasteiger partial charge in [-0.1, -0.05) is 12.2 Å². The molecule has 13 nitrogen and oxygen atoms in total. The van der Waals surface area contributed by atoms with E-state index in [0.717, 1.165) is 0 Å². The van der Waals surface area contributed by atoms with Crippen molar-refractivity contribution in [2.24, 2.45) is 5.92 Å². The summed E-state index contributed by atoms with van der Waals surface area (Å²) in [5, 5.41) is 4.87. The molecule has 4 rings (SSSR count). The topological polar surface area (TPSA) is 169 Å². The Morgan fingerprint density at radius 1 is 1.09 bits per heavy atom. The Kier molecular flexibility index (Phi) is 9.53. The average Bonchev–Trinajstić information content (AvgIpc) is 3.77. The number of fused-ring (bicyclic) bond motifs is 2. The number of hydrogen-bond donors (Lipinski definition) is 3. The van der Waals surface area contributed by atoms with Crippen molar-refractivity contribution in [3.63, 3.8) is 0 Å². The molecule has 2 aliphatic heterocycles. The number of carbonyl (C=O) groups excluding carboxylic acids is 4. The maximum absolute atomic E-state index is 14.0. The standard InChI is InChI=1S/C29H46N4O9S/c1-27(2,3)41-19-15-22-23(34)31-29(25(36)32-43(38,39)20-11-12-20)16-18(29)9-7-13-40-14-8-10-21(24(35)33(22)17-19)30-26(37)42-28(4,5)6/h7,9,18-22H,8,10-17H2,1-6H3,(H,30,37)(H,31,34)(H,32,36)/t18-,19-,21+,22+,29-/m1/s1. The number of nitrogens with zero attached hydrogens (tertiary/aromatic N) is 1. The van der Waals surface area contributed by atoms with Crippen molar-refractivity contribution in [3.05, 3.63) is 12.2 Å². The lowest BCUT2D eigenvalue weighted by Gasteiger charge is -2.30. The molecule has 4 amide bonds. The van der Waals surface area contributed by atoms with E-state index in [9.17, 15) is 27.6 Å². The van der Waals surface area contributed by atoms with Crippen molar-refractivity contribution in [1.82, 2.24) is 20.3 Å². The Morgan fingerprint density at radius 3 is 2.42 bits per heavy atom. The van der Waals surface area contributed by atoms with Crippen molar-refractivity contribution in [2.75, 3.05) is 19.8 Å². The first kappa shape index (κ1) is 33.2. The van der Waals surface area contributed by atoms with Crippen LogP contribution in [0.5, 0.6) is 0 Å². The summed E-state index contributed by atoms with van der Waals surface area (Å²) in [7, 11) is -3.85. The summed E-state index contributed by atoms with van der Waals surface area (Å²) in [5.41, 5.74) is -2.83. The van der Waals surface area contributed by atoms with Crippen LogP contribution >= 0.6 is 0 Å². The Hall–Kier alpha value is -2.71. The van der Waals surface area contributed by atoms with E-state index in [1.165, 1.54) is 4.90 Å². The third-order valence-electron chi connectivity index (χ3n) is 7.69. The van der Waals surface area contributed by atoms with Crippen molar-refractivity contribution in [1.29, 1.82) is 0 Å². The van der Waals surface area contributed by atoms with Crippen LogP contribution in [0.4, 0.5) is 4.79 Å². The van der Waals surface area contributed by atoms with Crippen LogP contribution in [-0.4, -0.2) is 97.1 Å². The average molecular weight is 627 g/mol. The van der Waals surface area contributed by atoms with Gasteiger partial charge in [0.25, 0.3) is 5.91 Å². The molecule has 0 bridgehead atoms. The second-order valence-corrected chi connectivity index (χ2v) is 15.8. The van der Waals surface area contributed by atoms with Gasteiger partial charge in [-0.2, -0.15) is 0 Å². The molecule has 0 radical (unpaired) electrons. The molecule has 1 saturated heterocycles. The van der Waals surface area contributed by atoms with Crippen LogP contribution in [0.2, 0.25) is 0 Å². The van der Waals surface area contributed by atoms with E-state index in [4.69, 9.17) is 14.2 Å². The molecular weight excluding hydrogens is 580 g/mol. The van der Waals surface area contributed by atoms with Crippen LogP contribution in [0.1, 0.15) is 80.1 Å². The zero-order valence-corrected chi connectivity index (χ0v) is 26.8. The molecule has 2 saturated carbocycles. The van der Waals surface area contributed by atoms with E-state index in [1.54, 1.807) is 32.9 Å². The lowest BCUT2D eigenvalue weighted by Crippen LogP contribution is -2.58. The van der Waals surface area contributed by atoms with Gasteiger partial charge in [-0.15, -0.1) is 0 Å². The maximum atomic E-state index is 14.0. The van der Waals surface area contributed by atoms with Gasteiger partial charge in [0.2, 0.25) is 21.8 Å². The van der Waals surface area contributed by atoms with Crippen LogP contribution in [0.15, 0.2) is 12.2 Å². The van der Waals surface area contributed by atoms with Crippen LogP contribution in [0.3, 0.4) is 0 Å². The molecular formula is C29H46N4O9S. The molecule has 14 heteroatoms. The molecule has 0 aromatic rings. The fourth-order valence-corrected chi connectivity index (χ4v) is 6.87. The van der Waals surface area contributed by atoms with Crippen LogP contribution < -0.4 is 15.4 Å². The highest BCUT2D eigenvalue weighted by Crippen LogP contribution is 2.46. The van der Waals surface area contributed by atoms with Crippen LogP contribution in [-0.2, 0) is 38.6 Å². The predicted molar refractivity (Wildman–Crippen MR) is 156 cm³/mol. The first-order chi connectivity index (χ1) is 19.9. The van der Waals surface area contributed by atoms with Gasteiger partial charge in [-0.25, -0.2) is 13.2 Å². The van der Waals surface area contributed by atoms with Gasteiger partial charge < -0.3 is 29.7 Å². The highest BCUT2D eigenvalue weighted by atomic mass is 32.2. The maximum Gasteiger partial charge on any atom is 0.408 e. The summed E-state index contributed by atoms with van der Waals surface area (Å²) < 4.78 is 44.6. The Morgan fingerprint density at radius 2 is 1.79 bits per heavy atom. The lowest BCUT2D eigenvalue weighted by atomic mass is 10.1. The van der Waals surface area contributed by atoms with Gasteiger partial charge in [-0.3, -0.25) is 19.1 Å². The molecule has 3 N–H and O–H groups in total. The summed E-state index contributed by atoms with van der Waals surface area (Å²) in [5.74, 6) is -2.32. The third-order valence-corrected chi connectivity index (χ3v) is 9.50. The van der Waals surface area contributed by atoms with E-state index in [-0.39, 0.29) is 32.4 Å². The van der Waals surface area contributed by atoms with Gasteiger partial charge in [0, 0.05) is 25.5 Å². The summed E-state index contributed by atoms with van der Waals surface area (Å²) in [6, 6.07) is -2.02. The molecule has 5 atom stereocenters. The quantitative estimate of drug-likeness (QED) is 0.383.